The van der Waals surface area contributed by atoms with Crippen LogP contribution in [0.2, 0.25) is 18.1 Å². The molecule has 0 saturated heterocycles. The van der Waals surface area contributed by atoms with Crippen LogP contribution < -0.4 is 11.5 Å². The van der Waals surface area contributed by atoms with E-state index in [4.69, 9.17) is 15.9 Å². The van der Waals surface area contributed by atoms with Crippen molar-refractivity contribution in [3.05, 3.63) is 66.0 Å². The fourth-order valence-corrected chi connectivity index (χ4v) is 6.93. The maximum absolute atomic E-state index is 16.0. The lowest BCUT2D eigenvalue weighted by molar-refractivity contribution is -0.0416. The summed E-state index contributed by atoms with van der Waals surface area (Å²) in [7, 11) is -1.98. The third-order valence-corrected chi connectivity index (χ3v) is 12.9. The molecular formula is C30H36FN5O2Si. The molecule has 1 amide bonds. The molecule has 0 radical (unpaired) electrons. The van der Waals surface area contributed by atoms with Crippen molar-refractivity contribution in [3.8, 4) is 22.5 Å². The second-order valence-corrected chi connectivity index (χ2v) is 17.1. The molecule has 0 bridgehead atoms. The Morgan fingerprint density at radius 1 is 1.10 bits per heavy atom. The summed E-state index contributed by atoms with van der Waals surface area (Å²) in [6.45, 7) is 13.2. The van der Waals surface area contributed by atoms with Crippen molar-refractivity contribution < 1.29 is 13.6 Å². The Bertz CT molecular complexity index is 1570. The fourth-order valence-electron chi connectivity index (χ4n) is 5.23. The van der Waals surface area contributed by atoms with E-state index < -0.39 is 20.0 Å². The largest absolute Gasteiger partial charge is 0.411 e. The van der Waals surface area contributed by atoms with E-state index in [1.807, 2.05) is 42.5 Å². The molecule has 0 spiro atoms. The van der Waals surface area contributed by atoms with Crippen LogP contribution in [-0.2, 0) is 4.43 Å². The fraction of sp³-hybridized carbons (Fsp3) is 0.367. The number of carbonyl (C=O) groups is 1. The average molecular weight is 546 g/mol. The van der Waals surface area contributed by atoms with Gasteiger partial charge < -0.3 is 15.9 Å². The van der Waals surface area contributed by atoms with Crippen molar-refractivity contribution in [1.29, 1.82) is 0 Å². The number of pyridine rings is 1. The molecule has 7 nitrogen and oxygen atoms in total. The number of fused-ring (bicyclic) bond motifs is 1. The molecule has 0 unspecified atom stereocenters. The van der Waals surface area contributed by atoms with Gasteiger partial charge in [-0.3, -0.25) is 4.79 Å². The Morgan fingerprint density at radius 2 is 1.74 bits per heavy atom. The van der Waals surface area contributed by atoms with E-state index in [0.717, 1.165) is 5.56 Å². The van der Waals surface area contributed by atoms with E-state index in [1.54, 1.807) is 16.8 Å². The first-order valence-corrected chi connectivity index (χ1v) is 16.1. The monoisotopic (exact) mass is 545 g/mol. The maximum Gasteiger partial charge on any atom is 0.254 e. The number of hydrogen-bond donors (Lipinski definition) is 2. The molecule has 1 aliphatic rings. The van der Waals surface area contributed by atoms with E-state index in [9.17, 15) is 4.79 Å². The second-order valence-electron chi connectivity index (χ2n) is 12.4. The van der Waals surface area contributed by atoms with Crippen LogP contribution in [0, 0.1) is 5.82 Å². The zero-order valence-electron chi connectivity index (χ0n) is 23.4. The summed E-state index contributed by atoms with van der Waals surface area (Å²) in [6, 6.07) is 16.5. The Balaban J connectivity index is 1.52. The van der Waals surface area contributed by atoms with Gasteiger partial charge in [0.2, 0.25) is 0 Å². The number of amides is 1. The number of rotatable bonds is 6. The lowest BCUT2D eigenvalue weighted by atomic mass is 9.77. The number of carbonyl (C=O) groups excluding carboxylic acids is 1. The third kappa shape index (κ3) is 4.74. The lowest BCUT2D eigenvalue weighted by Gasteiger charge is -2.51. The van der Waals surface area contributed by atoms with Gasteiger partial charge in [0, 0.05) is 16.5 Å². The summed E-state index contributed by atoms with van der Waals surface area (Å²) in [6.07, 6.45) is 1.37. The molecule has 1 saturated carbocycles. The molecule has 1 fully saturated rings. The van der Waals surface area contributed by atoms with Crippen molar-refractivity contribution in [3.63, 3.8) is 0 Å². The predicted octanol–water partition coefficient (Wildman–Crippen LogP) is 6.70. The summed E-state index contributed by atoms with van der Waals surface area (Å²) in [4.78, 5) is 17.1. The van der Waals surface area contributed by atoms with Gasteiger partial charge in [0.25, 0.3) is 5.91 Å². The van der Waals surface area contributed by atoms with Gasteiger partial charge in [0.1, 0.15) is 22.6 Å². The average Bonchev–Trinajstić information content (AvgIpc) is 3.18. The number of anilines is 1. The summed E-state index contributed by atoms with van der Waals surface area (Å²) in [5, 5.41) is 5.38. The van der Waals surface area contributed by atoms with E-state index in [-0.39, 0.29) is 44.8 Å². The van der Waals surface area contributed by atoms with E-state index in [2.05, 4.69) is 50.9 Å². The predicted molar refractivity (Wildman–Crippen MR) is 156 cm³/mol. The van der Waals surface area contributed by atoms with Crippen LogP contribution in [0.25, 0.3) is 33.4 Å². The highest BCUT2D eigenvalue weighted by Crippen LogP contribution is 2.50. The van der Waals surface area contributed by atoms with Crippen molar-refractivity contribution in [2.24, 2.45) is 5.73 Å². The molecule has 2 aromatic carbocycles. The normalized spacial score (nSPS) is 19.7. The van der Waals surface area contributed by atoms with Crippen molar-refractivity contribution >= 4 is 30.9 Å². The van der Waals surface area contributed by atoms with Crippen molar-refractivity contribution in [2.45, 2.75) is 70.3 Å². The van der Waals surface area contributed by atoms with Gasteiger partial charge in [-0.25, -0.2) is 14.1 Å². The molecule has 9 heteroatoms. The molecule has 2 aromatic heterocycles. The standard InChI is InChI=1S/C30H36FN5O2Si/c1-29(2,3)39(5,6)38-30(4)16-20(17-30)36-27(32)23(28(33)37)26(35-36)21-14-12-19-13-15-22(34-25(19)24(21)31)18-10-8-7-9-11-18/h7-15,20H,16-17,32H2,1-6H3,(H2,33,37). The number of nitrogen functional groups attached to an aromatic ring is 1. The Hall–Kier alpha value is -3.56. The first-order valence-electron chi connectivity index (χ1n) is 13.2. The molecule has 4 N–H and O–H groups in total. The highest BCUT2D eigenvalue weighted by atomic mass is 28.4. The van der Waals surface area contributed by atoms with Crippen molar-refractivity contribution in [1.82, 2.24) is 14.8 Å². The maximum atomic E-state index is 16.0. The van der Waals surface area contributed by atoms with Crippen LogP contribution >= 0.6 is 0 Å². The second kappa shape index (κ2) is 9.27. The molecule has 4 aromatic rings. The quantitative estimate of drug-likeness (QED) is 0.262. The topological polar surface area (TPSA) is 109 Å². The summed E-state index contributed by atoms with van der Waals surface area (Å²) >= 11 is 0. The smallest absolute Gasteiger partial charge is 0.254 e. The van der Waals surface area contributed by atoms with Gasteiger partial charge in [-0.2, -0.15) is 5.10 Å². The van der Waals surface area contributed by atoms with Crippen LogP contribution in [0.5, 0.6) is 0 Å². The molecule has 5 rings (SSSR count). The number of halogens is 1. The highest BCUT2D eigenvalue weighted by molar-refractivity contribution is 6.74. The molecular weight excluding hydrogens is 509 g/mol. The SMILES string of the molecule is CC1(O[Si](C)(C)C(C)(C)C)CC(n2nc(-c3ccc4ccc(-c5ccccc5)nc4c3F)c(C(N)=O)c2N)C1. The number of primary amides is 1. The van der Waals surface area contributed by atoms with Gasteiger partial charge in [0.05, 0.1) is 17.3 Å². The zero-order valence-corrected chi connectivity index (χ0v) is 24.4. The first kappa shape index (κ1) is 27.0. The molecule has 2 heterocycles. The zero-order chi connectivity index (χ0) is 28.3. The number of aromatic nitrogens is 3. The summed E-state index contributed by atoms with van der Waals surface area (Å²) in [5.74, 6) is -1.18. The minimum atomic E-state index is -1.98. The van der Waals surface area contributed by atoms with E-state index in [0.29, 0.717) is 23.9 Å². The van der Waals surface area contributed by atoms with E-state index in [1.165, 1.54) is 0 Å². The van der Waals surface area contributed by atoms with Gasteiger partial charge >= 0.3 is 0 Å². The molecule has 39 heavy (non-hydrogen) atoms. The van der Waals surface area contributed by atoms with Crippen LogP contribution in [0.3, 0.4) is 0 Å². The molecule has 1 aliphatic carbocycles. The Kier molecular flexibility index (Phi) is 6.42. The molecule has 0 atom stereocenters. The first-order chi connectivity index (χ1) is 18.2. The summed E-state index contributed by atoms with van der Waals surface area (Å²) < 4.78 is 24.3. The number of benzene rings is 2. The number of nitrogens with zero attached hydrogens (tertiary/aromatic N) is 3. The van der Waals surface area contributed by atoms with Gasteiger partial charge in [-0.1, -0.05) is 63.2 Å². The van der Waals surface area contributed by atoms with Crippen LogP contribution in [0.15, 0.2) is 54.6 Å². The third-order valence-electron chi connectivity index (χ3n) is 8.31. The van der Waals surface area contributed by atoms with E-state index >= 15 is 4.39 Å². The number of hydrogen-bond acceptors (Lipinski definition) is 5. The number of nitrogens with two attached hydrogens (primary N) is 2. The van der Waals surface area contributed by atoms with Crippen LogP contribution in [0.1, 0.15) is 56.9 Å². The van der Waals surface area contributed by atoms with Gasteiger partial charge in [0.15, 0.2) is 14.1 Å². The van der Waals surface area contributed by atoms with Crippen LogP contribution in [-0.4, -0.2) is 34.6 Å². The van der Waals surface area contributed by atoms with Crippen LogP contribution in [0.4, 0.5) is 10.2 Å². The molecule has 0 aliphatic heterocycles. The lowest BCUT2D eigenvalue weighted by Crippen LogP contribution is -2.54. The van der Waals surface area contributed by atoms with Gasteiger partial charge in [-0.15, -0.1) is 0 Å². The molecule has 204 valence electrons. The summed E-state index contributed by atoms with van der Waals surface area (Å²) in [5.41, 5.74) is 13.9. The minimum absolute atomic E-state index is 0.0198. The highest BCUT2D eigenvalue weighted by Gasteiger charge is 2.50. The Morgan fingerprint density at radius 3 is 2.36 bits per heavy atom. The van der Waals surface area contributed by atoms with Crippen molar-refractivity contribution in [2.75, 3.05) is 5.73 Å². The minimum Gasteiger partial charge on any atom is -0.411 e. The van der Waals surface area contributed by atoms with Gasteiger partial charge in [-0.05, 0) is 50.0 Å². The Labute approximate surface area is 229 Å².